The third kappa shape index (κ3) is 5.13. The standard InChI is InChI=1S/C24H29N5O4S/c1-2-12-29-21-9-8-19(34(25,32)33)17-20(21)26-22(29)10-11-23(30)27-13-15-28(16-14-27)24(31)18-6-4-3-5-7-18/h3-9,17H,2,10-16H2,1H3,(H2,25,32,33). The van der Waals surface area contributed by atoms with Crippen molar-refractivity contribution in [2.45, 2.75) is 37.6 Å². The molecule has 3 aromatic rings. The van der Waals surface area contributed by atoms with Crippen molar-refractivity contribution in [1.29, 1.82) is 0 Å². The first-order valence-corrected chi connectivity index (χ1v) is 13.0. The Labute approximate surface area is 199 Å². The van der Waals surface area contributed by atoms with E-state index in [1.165, 1.54) is 12.1 Å². The number of aryl methyl sites for hydroxylation is 2. The quantitative estimate of drug-likeness (QED) is 0.551. The second-order valence-electron chi connectivity index (χ2n) is 8.41. The molecule has 2 amide bonds. The maximum absolute atomic E-state index is 12.9. The van der Waals surface area contributed by atoms with Gasteiger partial charge in [-0.05, 0) is 36.8 Å². The Hall–Kier alpha value is -3.24. The molecule has 0 saturated carbocycles. The molecule has 1 aliphatic heterocycles. The molecular weight excluding hydrogens is 454 g/mol. The van der Waals surface area contributed by atoms with Crippen molar-refractivity contribution in [2.24, 2.45) is 5.14 Å². The van der Waals surface area contributed by atoms with Crippen LogP contribution < -0.4 is 5.14 Å². The van der Waals surface area contributed by atoms with Gasteiger partial charge in [-0.1, -0.05) is 25.1 Å². The molecule has 10 heteroatoms. The van der Waals surface area contributed by atoms with Crippen molar-refractivity contribution in [3.8, 4) is 0 Å². The molecule has 9 nitrogen and oxygen atoms in total. The number of hydrogen-bond donors (Lipinski definition) is 1. The minimum atomic E-state index is -3.82. The van der Waals surface area contributed by atoms with Crippen LogP contribution in [0.4, 0.5) is 0 Å². The lowest BCUT2D eigenvalue weighted by Gasteiger charge is -2.35. The summed E-state index contributed by atoms with van der Waals surface area (Å²) in [5.74, 6) is 0.752. The highest BCUT2D eigenvalue weighted by Crippen LogP contribution is 2.22. The van der Waals surface area contributed by atoms with Crippen molar-refractivity contribution in [2.75, 3.05) is 26.2 Å². The molecule has 0 aliphatic carbocycles. The maximum Gasteiger partial charge on any atom is 0.253 e. The summed E-state index contributed by atoms with van der Waals surface area (Å²) in [6, 6.07) is 13.8. The summed E-state index contributed by atoms with van der Waals surface area (Å²) in [6.07, 6.45) is 1.61. The van der Waals surface area contributed by atoms with E-state index in [0.29, 0.717) is 50.1 Å². The smallest absolute Gasteiger partial charge is 0.253 e. The van der Waals surface area contributed by atoms with Crippen LogP contribution in [0.1, 0.15) is 35.9 Å². The molecule has 2 heterocycles. The van der Waals surface area contributed by atoms with E-state index in [1.54, 1.807) is 28.0 Å². The lowest BCUT2D eigenvalue weighted by molar-refractivity contribution is -0.132. The highest BCUT2D eigenvalue weighted by Gasteiger charge is 2.25. The van der Waals surface area contributed by atoms with Gasteiger partial charge in [0.15, 0.2) is 0 Å². The fourth-order valence-corrected chi connectivity index (χ4v) is 4.83. The average Bonchev–Trinajstić information content (AvgIpc) is 3.19. The number of aromatic nitrogens is 2. The number of carbonyl (C=O) groups is 2. The van der Waals surface area contributed by atoms with Gasteiger partial charge in [-0.3, -0.25) is 9.59 Å². The van der Waals surface area contributed by atoms with Crippen LogP contribution in [0, 0.1) is 0 Å². The molecule has 0 bridgehead atoms. The van der Waals surface area contributed by atoms with Crippen LogP contribution in [-0.2, 0) is 27.8 Å². The van der Waals surface area contributed by atoms with Crippen LogP contribution in [0.2, 0.25) is 0 Å². The van der Waals surface area contributed by atoms with Crippen molar-refractivity contribution < 1.29 is 18.0 Å². The summed E-state index contributed by atoms with van der Waals surface area (Å²) in [6.45, 7) is 4.78. The number of rotatable bonds is 7. The summed E-state index contributed by atoms with van der Waals surface area (Å²) < 4.78 is 25.4. The van der Waals surface area contributed by atoms with E-state index in [4.69, 9.17) is 5.14 Å². The van der Waals surface area contributed by atoms with E-state index >= 15 is 0 Å². The molecule has 1 aromatic heterocycles. The third-order valence-corrected chi connectivity index (χ3v) is 6.99. The number of fused-ring (bicyclic) bond motifs is 1. The first kappa shape index (κ1) is 23.9. The molecule has 2 aromatic carbocycles. The second-order valence-corrected chi connectivity index (χ2v) is 9.98. The van der Waals surface area contributed by atoms with E-state index in [1.807, 2.05) is 22.8 Å². The van der Waals surface area contributed by atoms with E-state index in [9.17, 15) is 18.0 Å². The fourth-order valence-electron chi connectivity index (χ4n) is 4.30. The van der Waals surface area contributed by atoms with Crippen molar-refractivity contribution >= 4 is 32.9 Å². The van der Waals surface area contributed by atoms with E-state index in [-0.39, 0.29) is 16.7 Å². The number of sulfonamides is 1. The lowest BCUT2D eigenvalue weighted by Crippen LogP contribution is -2.50. The van der Waals surface area contributed by atoms with E-state index in [2.05, 4.69) is 11.9 Å². The van der Waals surface area contributed by atoms with Gasteiger partial charge >= 0.3 is 0 Å². The van der Waals surface area contributed by atoms with Crippen LogP contribution in [0.15, 0.2) is 53.4 Å². The number of nitrogens with two attached hydrogens (primary N) is 1. The Bertz CT molecular complexity index is 1300. The maximum atomic E-state index is 12.9. The monoisotopic (exact) mass is 483 g/mol. The third-order valence-electron chi connectivity index (χ3n) is 6.08. The zero-order chi connectivity index (χ0) is 24.3. The summed E-state index contributed by atoms with van der Waals surface area (Å²) in [5, 5.41) is 5.26. The van der Waals surface area contributed by atoms with Gasteiger partial charge in [-0.2, -0.15) is 0 Å². The first-order valence-electron chi connectivity index (χ1n) is 11.4. The van der Waals surface area contributed by atoms with Gasteiger partial charge in [0.1, 0.15) is 5.82 Å². The number of hydrogen-bond acceptors (Lipinski definition) is 5. The molecule has 34 heavy (non-hydrogen) atoms. The van der Waals surface area contributed by atoms with Crippen LogP contribution in [0.3, 0.4) is 0 Å². The Kier molecular flexibility index (Phi) is 6.99. The summed E-state index contributed by atoms with van der Waals surface area (Å²) in [5.41, 5.74) is 2.03. The van der Waals surface area contributed by atoms with Crippen molar-refractivity contribution in [3.05, 3.63) is 59.9 Å². The number of amides is 2. The highest BCUT2D eigenvalue weighted by atomic mass is 32.2. The predicted molar refractivity (Wildman–Crippen MR) is 129 cm³/mol. The summed E-state index contributed by atoms with van der Waals surface area (Å²) in [7, 11) is -3.82. The van der Waals surface area contributed by atoms with Crippen LogP contribution in [-0.4, -0.2) is 65.8 Å². The molecule has 4 rings (SSSR count). The van der Waals surface area contributed by atoms with E-state index in [0.717, 1.165) is 24.3 Å². The summed E-state index contributed by atoms with van der Waals surface area (Å²) in [4.78, 5) is 33.7. The Morgan fingerprint density at radius 2 is 1.68 bits per heavy atom. The largest absolute Gasteiger partial charge is 0.339 e. The van der Waals surface area contributed by atoms with Crippen LogP contribution in [0.5, 0.6) is 0 Å². The molecule has 1 saturated heterocycles. The first-order chi connectivity index (χ1) is 16.3. The zero-order valence-electron chi connectivity index (χ0n) is 19.2. The van der Waals surface area contributed by atoms with Gasteiger partial charge in [-0.25, -0.2) is 18.5 Å². The minimum Gasteiger partial charge on any atom is -0.339 e. The van der Waals surface area contributed by atoms with Crippen LogP contribution >= 0.6 is 0 Å². The van der Waals surface area contributed by atoms with Gasteiger partial charge in [-0.15, -0.1) is 0 Å². The van der Waals surface area contributed by atoms with Crippen molar-refractivity contribution in [1.82, 2.24) is 19.4 Å². The molecule has 2 N–H and O–H groups in total. The van der Waals surface area contributed by atoms with Gasteiger partial charge in [0, 0.05) is 51.1 Å². The average molecular weight is 484 g/mol. The Morgan fingerprint density at radius 3 is 2.32 bits per heavy atom. The molecule has 180 valence electrons. The molecule has 0 spiro atoms. The number of carbonyl (C=O) groups excluding carboxylic acids is 2. The van der Waals surface area contributed by atoms with E-state index < -0.39 is 10.0 Å². The SMILES string of the molecule is CCCn1c(CCC(=O)N2CCN(C(=O)c3ccccc3)CC2)nc2cc(S(N)(=O)=O)ccc21. The minimum absolute atomic E-state index is 0.0140. The van der Waals surface area contributed by atoms with Gasteiger partial charge in [0.2, 0.25) is 15.9 Å². The summed E-state index contributed by atoms with van der Waals surface area (Å²) >= 11 is 0. The Balaban J connectivity index is 1.40. The number of benzene rings is 2. The van der Waals surface area contributed by atoms with Crippen molar-refractivity contribution in [3.63, 3.8) is 0 Å². The zero-order valence-corrected chi connectivity index (χ0v) is 20.0. The van der Waals surface area contributed by atoms with Gasteiger partial charge in [0.05, 0.1) is 15.9 Å². The van der Waals surface area contributed by atoms with Gasteiger partial charge in [0.25, 0.3) is 5.91 Å². The fraction of sp³-hybridized carbons (Fsp3) is 0.375. The molecule has 1 aliphatic rings. The van der Waals surface area contributed by atoms with Gasteiger partial charge < -0.3 is 14.4 Å². The number of piperazine rings is 1. The van der Waals surface area contributed by atoms with Crippen LogP contribution in [0.25, 0.3) is 11.0 Å². The topological polar surface area (TPSA) is 119 Å². The molecule has 1 fully saturated rings. The number of nitrogens with zero attached hydrogens (tertiary/aromatic N) is 4. The molecular formula is C24H29N5O4S. The predicted octanol–water partition coefficient (Wildman–Crippen LogP) is 2.01. The Morgan fingerprint density at radius 1 is 1.00 bits per heavy atom. The normalized spacial score (nSPS) is 14.5. The lowest BCUT2D eigenvalue weighted by atomic mass is 10.1. The number of imidazole rings is 1. The molecule has 0 atom stereocenters. The number of primary sulfonamides is 1. The molecule has 0 radical (unpaired) electrons. The molecule has 0 unspecified atom stereocenters. The second kappa shape index (κ2) is 9.94. The highest BCUT2D eigenvalue weighted by molar-refractivity contribution is 7.89.